The fourth-order valence-electron chi connectivity index (χ4n) is 2.35. The number of hydrogen-bond donors (Lipinski definition) is 2. The number of hydrogen-bond acceptors (Lipinski definition) is 3. The molecule has 0 aliphatic heterocycles. The summed E-state index contributed by atoms with van der Waals surface area (Å²) in [6, 6.07) is 11.4. The van der Waals surface area contributed by atoms with Gasteiger partial charge in [-0.15, -0.1) is 24.0 Å². The molecule has 1 aromatic carbocycles. The van der Waals surface area contributed by atoms with Gasteiger partial charge >= 0.3 is 0 Å². The first-order valence-electron chi connectivity index (χ1n) is 8.95. The molecule has 0 unspecified atom stereocenters. The third kappa shape index (κ3) is 8.16. The molecule has 0 saturated heterocycles. The van der Waals surface area contributed by atoms with Gasteiger partial charge in [0.2, 0.25) is 0 Å². The number of halogens is 1. The zero-order valence-corrected chi connectivity index (χ0v) is 19.0. The quantitative estimate of drug-likeness (QED) is 0.254. The summed E-state index contributed by atoms with van der Waals surface area (Å²) < 4.78 is 5.34. The van der Waals surface area contributed by atoms with Crippen molar-refractivity contribution in [3.05, 3.63) is 71.7 Å². The predicted molar refractivity (Wildman–Crippen MR) is 124 cm³/mol. The standard InChI is InChI=1S/C21H28N4O2.HI/c1-16(2)14-23-21(22-12-11-19-6-5-13-27-19)24-15-17-7-9-18(10-8-17)20(26)25(3)4;/h5-10,13H,1,11-12,14-15H2,2-4H3,(H2,22,23,24);1H. The molecule has 0 saturated carbocycles. The van der Waals surface area contributed by atoms with Crippen LogP contribution in [-0.2, 0) is 13.0 Å². The number of carbonyl (C=O) groups is 1. The normalized spacial score (nSPS) is 10.8. The highest BCUT2D eigenvalue weighted by Gasteiger charge is 2.07. The molecule has 0 radical (unpaired) electrons. The van der Waals surface area contributed by atoms with E-state index in [4.69, 9.17) is 4.42 Å². The summed E-state index contributed by atoms with van der Waals surface area (Å²) in [7, 11) is 3.49. The molecule has 0 spiro atoms. The lowest BCUT2D eigenvalue weighted by atomic mass is 10.1. The second kappa shape index (κ2) is 12.2. The topological polar surface area (TPSA) is 69.9 Å². The van der Waals surface area contributed by atoms with Crippen molar-refractivity contribution in [2.45, 2.75) is 19.9 Å². The molecule has 2 aromatic rings. The van der Waals surface area contributed by atoms with Crippen LogP contribution in [0.4, 0.5) is 0 Å². The molecule has 2 rings (SSSR count). The van der Waals surface area contributed by atoms with Crippen LogP contribution in [0, 0.1) is 0 Å². The Bertz CT molecular complexity index is 768. The van der Waals surface area contributed by atoms with Crippen LogP contribution in [0.25, 0.3) is 0 Å². The maximum absolute atomic E-state index is 11.9. The SMILES string of the molecule is C=C(C)CNC(=NCc1ccc(C(=O)N(C)C)cc1)NCCc1ccco1.I. The van der Waals surface area contributed by atoms with Crippen molar-refractivity contribution in [1.82, 2.24) is 15.5 Å². The van der Waals surface area contributed by atoms with E-state index >= 15 is 0 Å². The highest BCUT2D eigenvalue weighted by molar-refractivity contribution is 14.0. The number of nitrogens with zero attached hydrogens (tertiary/aromatic N) is 2. The second-order valence-corrected chi connectivity index (χ2v) is 6.63. The summed E-state index contributed by atoms with van der Waals surface area (Å²) in [5.41, 5.74) is 2.74. The Labute approximate surface area is 184 Å². The van der Waals surface area contributed by atoms with Crippen molar-refractivity contribution in [3.8, 4) is 0 Å². The first kappa shape index (κ1) is 23.7. The fourth-order valence-corrected chi connectivity index (χ4v) is 2.35. The predicted octanol–water partition coefficient (Wildman–Crippen LogP) is 3.45. The summed E-state index contributed by atoms with van der Waals surface area (Å²) in [5, 5.41) is 6.57. The van der Waals surface area contributed by atoms with Crippen LogP contribution in [0.5, 0.6) is 0 Å². The molecule has 7 heteroatoms. The summed E-state index contributed by atoms with van der Waals surface area (Å²) in [6.07, 6.45) is 2.45. The Morgan fingerprint density at radius 1 is 1.18 bits per heavy atom. The van der Waals surface area contributed by atoms with Crippen LogP contribution in [-0.4, -0.2) is 44.0 Å². The van der Waals surface area contributed by atoms with E-state index < -0.39 is 0 Å². The zero-order chi connectivity index (χ0) is 19.6. The molecule has 0 bridgehead atoms. The van der Waals surface area contributed by atoms with E-state index in [1.807, 2.05) is 43.3 Å². The second-order valence-electron chi connectivity index (χ2n) is 6.63. The van der Waals surface area contributed by atoms with Crippen molar-refractivity contribution >= 4 is 35.8 Å². The van der Waals surface area contributed by atoms with Gasteiger partial charge in [-0.1, -0.05) is 24.3 Å². The van der Waals surface area contributed by atoms with Crippen LogP contribution in [0.2, 0.25) is 0 Å². The highest BCUT2D eigenvalue weighted by Crippen LogP contribution is 2.07. The molecule has 1 heterocycles. The van der Waals surface area contributed by atoms with E-state index in [-0.39, 0.29) is 29.9 Å². The average molecular weight is 496 g/mol. The summed E-state index contributed by atoms with van der Waals surface area (Å²) >= 11 is 0. The van der Waals surface area contributed by atoms with Crippen LogP contribution in [0.1, 0.15) is 28.6 Å². The van der Waals surface area contributed by atoms with E-state index in [9.17, 15) is 4.79 Å². The number of benzene rings is 1. The lowest BCUT2D eigenvalue weighted by molar-refractivity contribution is 0.0827. The molecule has 1 amide bonds. The van der Waals surface area contributed by atoms with Crippen LogP contribution < -0.4 is 10.6 Å². The third-order valence-corrected chi connectivity index (χ3v) is 3.83. The summed E-state index contributed by atoms with van der Waals surface area (Å²) in [4.78, 5) is 18.1. The van der Waals surface area contributed by atoms with Gasteiger partial charge in [0.05, 0.1) is 12.8 Å². The number of amides is 1. The van der Waals surface area contributed by atoms with Crippen LogP contribution in [0.3, 0.4) is 0 Å². The van der Waals surface area contributed by atoms with Gasteiger partial charge in [-0.25, -0.2) is 4.99 Å². The molecule has 0 aliphatic rings. The van der Waals surface area contributed by atoms with Gasteiger partial charge in [-0.2, -0.15) is 0 Å². The van der Waals surface area contributed by atoms with Gasteiger partial charge in [0, 0.05) is 39.2 Å². The molecule has 0 atom stereocenters. The van der Waals surface area contributed by atoms with E-state index in [0.29, 0.717) is 25.2 Å². The Balaban J connectivity index is 0.00000392. The Morgan fingerprint density at radius 3 is 2.46 bits per heavy atom. The van der Waals surface area contributed by atoms with Crippen molar-refractivity contribution in [2.75, 3.05) is 27.2 Å². The van der Waals surface area contributed by atoms with Gasteiger partial charge in [0.1, 0.15) is 5.76 Å². The van der Waals surface area contributed by atoms with E-state index in [2.05, 4.69) is 22.2 Å². The maximum atomic E-state index is 11.9. The first-order chi connectivity index (χ1) is 13.0. The van der Waals surface area contributed by atoms with Crippen molar-refractivity contribution in [1.29, 1.82) is 0 Å². The molecule has 0 aliphatic carbocycles. The molecule has 28 heavy (non-hydrogen) atoms. The molecule has 6 nitrogen and oxygen atoms in total. The highest BCUT2D eigenvalue weighted by atomic mass is 127. The lowest BCUT2D eigenvalue weighted by Crippen LogP contribution is -2.39. The summed E-state index contributed by atoms with van der Waals surface area (Å²) in [6.45, 7) is 7.76. The van der Waals surface area contributed by atoms with Crippen molar-refractivity contribution in [3.63, 3.8) is 0 Å². The van der Waals surface area contributed by atoms with Crippen LogP contribution in [0.15, 0.2) is 64.2 Å². The molecule has 2 N–H and O–H groups in total. The van der Waals surface area contributed by atoms with Gasteiger partial charge in [-0.05, 0) is 36.8 Å². The smallest absolute Gasteiger partial charge is 0.253 e. The minimum atomic E-state index is -0.00606. The Hall–Kier alpha value is -2.29. The van der Waals surface area contributed by atoms with Gasteiger partial charge in [-0.3, -0.25) is 4.79 Å². The van der Waals surface area contributed by atoms with E-state index in [0.717, 1.165) is 29.3 Å². The van der Waals surface area contributed by atoms with Crippen LogP contribution >= 0.6 is 24.0 Å². The van der Waals surface area contributed by atoms with Gasteiger partial charge in [0.25, 0.3) is 5.91 Å². The fraction of sp³-hybridized carbons (Fsp3) is 0.333. The monoisotopic (exact) mass is 496 g/mol. The summed E-state index contributed by atoms with van der Waals surface area (Å²) in [5.74, 6) is 1.65. The maximum Gasteiger partial charge on any atom is 0.253 e. The number of nitrogens with one attached hydrogen (secondary N) is 2. The van der Waals surface area contributed by atoms with Gasteiger partial charge in [0.15, 0.2) is 5.96 Å². The number of guanidine groups is 1. The minimum Gasteiger partial charge on any atom is -0.469 e. The van der Waals surface area contributed by atoms with Gasteiger partial charge < -0.3 is 20.0 Å². The van der Waals surface area contributed by atoms with E-state index in [1.54, 1.807) is 25.3 Å². The number of furan rings is 1. The van der Waals surface area contributed by atoms with Crippen molar-refractivity contribution < 1.29 is 9.21 Å². The number of carbonyl (C=O) groups excluding carboxylic acids is 1. The average Bonchev–Trinajstić information content (AvgIpc) is 3.16. The Morgan fingerprint density at radius 2 is 1.89 bits per heavy atom. The third-order valence-electron chi connectivity index (χ3n) is 3.83. The molecular formula is C21H29IN4O2. The lowest BCUT2D eigenvalue weighted by Gasteiger charge is -2.13. The van der Waals surface area contributed by atoms with E-state index in [1.165, 1.54) is 0 Å². The molecule has 0 fully saturated rings. The number of rotatable bonds is 8. The molecule has 152 valence electrons. The number of aliphatic imine (C=N–C) groups is 1. The van der Waals surface area contributed by atoms with Crippen molar-refractivity contribution in [2.24, 2.45) is 4.99 Å². The zero-order valence-electron chi connectivity index (χ0n) is 16.7. The minimum absolute atomic E-state index is 0. The largest absolute Gasteiger partial charge is 0.469 e. The Kier molecular flexibility index (Phi) is 10.4. The molecular weight excluding hydrogens is 467 g/mol. The first-order valence-corrected chi connectivity index (χ1v) is 8.95. The molecule has 1 aromatic heterocycles.